The summed E-state index contributed by atoms with van der Waals surface area (Å²) in [6.45, 7) is 0.0507. The van der Waals surface area contributed by atoms with Crippen molar-refractivity contribution >= 4 is 15.9 Å². The molecule has 0 saturated heterocycles. The van der Waals surface area contributed by atoms with Crippen LogP contribution in [-0.2, 0) is 6.42 Å². The quantitative estimate of drug-likeness (QED) is 0.904. The summed E-state index contributed by atoms with van der Waals surface area (Å²) in [6.07, 6.45) is 1.01. The van der Waals surface area contributed by atoms with Crippen LogP contribution in [0, 0.1) is 5.82 Å². The highest BCUT2D eigenvalue weighted by Crippen LogP contribution is 2.31. The third-order valence-electron chi connectivity index (χ3n) is 1.94. The monoisotopic (exact) mass is 262 g/mol. The molecule has 0 spiro atoms. The van der Waals surface area contributed by atoms with Gasteiger partial charge in [-0.05, 0) is 40.9 Å². The average molecular weight is 263 g/mol. The van der Waals surface area contributed by atoms with Crippen molar-refractivity contribution in [3.63, 3.8) is 0 Å². The lowest BCUT2D eigenvalue weighted by Gasteiger charge is -2.10. The van der Waals surface area contributed by atoms with Crippen LogP contribution >= 0.6 is 15.9 Å². The first-order valence-corrected chi connectivity index (χ1v) is 5.11. The van der Waals surface area contributed by atoms with Gasteiger partial charge in [0.1, 0.15) is 11.6 Å². The lowest BCUT2D eigenvalue weighted by Crippen LogP contribution is -1.98. The van der Waals surface area contributed by atoms with Crippen LogP contribution in [-0.4, -0.2) is 18.8 Å². The fourth-order valence-corrected chi connectivity index (χ4v) is 1.82. The molecule has 4 heteroatoms. The van der Waals surface area contributed by atoms with Gasteiger partial charge in [0.2, 0.25) is 0 Å². The highest BCUT2D eigenvalue weighted by atomic mass is 79.9. The van der Waals surface area contributed by atoms with Crippen LogP contribution in [0.2, 0.25) is 0 Å². The van der Waals surface area contributed by atoms with Gasteiger partial charge in [0.25, 0.3) is 0 Å². The van der Waals surface area contributed by atoms with E-state index in [-0.39, 0.29) is 12.4 Å². The molecule has 0 aliphatic heterocycles. The van der Waals surface area contributed by atoms with Gasteiger partial charge >= 0.3 is 0 Å². The van der Waals surface area contributed by atoms with E-state index in [1.54, 1.807) is 6.07 Å². The van der Waals surface area contributed by atoms with E-state index in [1.165, 1.54) is 13.2 Å². The summed E-state index contributed by atoms with van der Waals surface area (Å²) in [5.41, 5.74) is 0.510. The molecule has 0 aromatic heterocycles. The lowest BCUT2D eigenvalue weighted by atomic mass is 10.1. The van der Waals surface area contributed by atoms with Crippen LogP contribution in [0.5, 0.6) is 5.75 Å². The number of benzene rings is 1. The third-order valence-corrected chi connectivity index (χ3v) is 2.57. The molecule has 78 valence electrons. The number of aliphatic hydroxyl groups excluding tert-OH is 1. The Morgan fingerprint density at radius 2 is 2.21 bits per heavy atom. The Morgan fingerprint density at radius 1 is 1.50 bits per heavy atom. The summed E-state index contributed by atoms with van der Waals surface area (Å²) in [5.74, 6) is 0.219. The number of hydrogen-bond acceptors (Lipinski definition) is 2. The normalized spacial score (nSPS) is 10.3. The number of rotatable bonds is 4. The molecule has 0 amide bonds. The molecule has 0 fully saturated rings. The first-order valence-electron chi connectivity index (χ1n) is 4.32. The van der Waals surface area contributed by atoms with E-state index >= 15 is 0 Å². The van der Waals surface area contributed by atoms with Crippen molar-refractivity contribution in [3.8, 4) is 5.75 Å². The van der Waals surface area contributed by atoms with Crippen LogP contribution in [0.3, 0.4) is 0 Å². The Bertz CT molecular complexity index is 315. The second kappa shape index (κ2) is 5.32. The van der Waals surface area contributed by atoms with E-state index in [1.807, 2.05) is 0 Å². The van der Waals surface area contributed by atoms with Crippen LogP contribution in [0.4, 0.5) is 4.39 Å². The van der Waals surface area contributed by atoms with E-state index in [2.05, 4.69) is 15.9 Å². The number of hydrogen-bond donors (Lipinski definition) is 1. The SMILES string of the molecule is COc1c(Br)ccc(F)c1CCCO. The summed E-state index contributed by atoms with van der Waals surface area (Å²) in [7, 11) is 1.50. The topological polar surface area (TPSA) is 29.5 Å². The van der Waals surface area contributed by atoms with Gasteiger partial charge in [-0.3, -0.25) is 0 Å². The number of ether oxygens (including phenoxy) is 1. The Balaban J connectivity index is 3.03. The Hall–Kier alpha value is -0.610. The maximum Gasteiger partial charge on any atom is 0.139 e. The van der Waals surface area contributed by atoms with Gasteiger partial charge in [0.05, 0.1) is 11.6 Å². The summed E-state index contributed by atoms with van der Waals surface area (Å²) < 4.78 is 19.2. The minimum Gasteiger partial charge on any atom is -0.495 e. The molecule has 1 rings (SSSR count). The molecule has 2 nitrogen and oxygen atoms in total. The molecule has 0 atom stereocenters. The minimum atomic E-state index is -0.293. The Labute approximate surface area is 90.8 Å². The molecule has 1 N–H and O–H groups in total. The van der Waals surface area contributed by atoms with Crippen LogP contribution in [0.1, 0.15) is 12.0 Å². The van der Waals surface area contributed by atoms with E-state index in [0.717, 1.165) is 4.47 Å². The fraction of sp³-hybridized carbons (Fsp3) is 0.400. The van der Waals surface area contributed by atoms with Gasteiger partial charge in [-0.2, -0.15) is 0 Å². The highest BCUT2D eigenvalue weighted by Gasteiger charge is 2.12. The van der Waals surface area contributed by atoms with Crippen LogP contribution in [0.15, 0.2) is 16.6 Å². The van der Waals surface area contributed by atoms with E-state index in [9.17, 15) is 4.39 Å². The predicted molar refractivity (Wildman–Crippen MR) is 56.1 cm³/mol. The molecule has 1 aromatic carbocycles. The molecule has 0 radical (unpaired) electrons. The zero-order chi connectivity index (χ0) is 10.6. The molecule has 14 heavy (non-hydrogen) atoms. The van der Waals surface area contributed by atoms with Gasteiger partial charge in [-0.1, -0.05) is 0 Å². The molecule has 0 saturated carbocycles. The second-order valence-electron chi connectivity index (χ2n) is 2.87. The Morgan fingerprint density at radius 3 is 2.79 bits per heavy atom. The molecule has 0 unspecified atom stereocenters. The molecule has 0 aliphatic carbocycles. The van der Waals surface area contributed by atoms with E-state index in [0.29, 0.717) is 24.2 Å². The zero-order valence-electron chi connectivity index (χ0n) is 7.89. The summed E-state index contributed by atoms with van der Waals surface area (Å²) in [6, 6.07) is 3.00. The standard InChI is InChI=1S/C10H12BrFO2/c1-14-10-7(3-2-6-13)9(12)5-4-8(10)11/h4-5,13H,2-3,6H2,1H3. The summed E-state index contributed by atoms with van der Waals surface area (Å²) >= 11 is 3.28. The molecule has 1 aromatic rings. The van der Waals surface area contributed by atoms with Gasteiger partial charge in [-0.15, -0.1) is 0 Å². The highest BCUT2D eigenvalue weighted by molar-refractivity contribution is 9.10. The molecular weight excluding hydrogens is 251 g/mol. The number of halogens is 2. The smallest absolute Gasteiger partial charge is 0.139 e. The van der Waals surface area contributed by atoms with Crippen molar-refractivity contribution in [3.05, 3.63) is 28.0 Å². The van der Waals surface area contributed by atoms with Crippen molar-refractivity contribution < 1.29 is 14.2 Å². The van der Waals surface area contributed by atoms with Gasteiger partial charge < -0.3 is 9.84 Å². The molecule has 0 bridgehead atoms. The van der Waals surface area contributed by atoms with Gasteiger partial charge in [0, 0.05) is 12.2 Å². The second-order valence-corrected chi connectivity index (χ2v) is 3.72. The summed E-state index contributed by atoms with van der Waals surface area (Å²) in [5, 5.41) is 8.68. The van der Waals surface area contributed by atoms with E-state index in [4.69, 9.17) is 9.84 Å². The number of aliphatic hydroxyl groups is 1. The maximum absolute atomic E-state index is 13.4. The molecule has 0 heterocycles. The maximum atomic E-state index is 13.4. The molecular formula is C10H12BrFO2. The third kappa shape index (κ3) is 2.45. The largest absolute Gasteiger partial charge is 0.495 e. The first kappa shape index (κ1) is 11.5. The zero-order valence-corrected chi connectivity index (χ0v) is 9.47. The van der Waals surface area contributed by atoms with Crippen molar-refractivity contribution in [2.24, 2.45) is 0 Å². The van der Waals surface area contributed by atoms with Crippen molar-refractivity contribution in [2.75, 3.05) is 13.7 Å². The van der Waals surface area contributed by atoms with Gasteiger partial charge in [0.15, 0.2) is 0 Å². The fourth-order valence-electron chi connectivity index (χ4n) is 1.28. The predicted octanol–water partition coefficient (Wildman–Crippen LogP) is 2.52. The number of methoxy groups -OCH3 is 1. The van der Waals surface area contributed by atoms with Gasteiger partial charge in [-0.25, -0.2) is 4.39 Å². The van der Waals surface area contributed by atoms with E-state index < -0.39 is 0 Å². The minimum absolute atomic E-state index is 0.0507. The van der Waals surface area contributed by atoms with Crippen molar-refractivity contribution in [1.82, 2.24) is 0 Å². The average Bonchev–Trinajstić information content (AvgIpc) is 2.19. The molecule has 0 aliphatic rings. The van der Waals surface area contributed by atoms with Crippen LogP contribution in [0.25, 0.3) is 0 Å². The van der Waals surface area contributed by atoms with Crippen molar-refractivity contribution in [2.45, 2.75) is 12.8 Å². The van der Waals surface area contributed by atoms with Crippen LogP contribution < -0.4 is 4.74 Å². The Kier molecular flexibility index (Phi) is 4.35. The van der Waals surface area contributed by atoms with Crippen molar-refractivity contribution in [1.29, 1.82) is 0 Å². The summed E-state index contributed by atoms with van der Waals surface area (Å²) in [4.78, 5) is 0. The lowest BCUT2D eigenvalue weighted by molar-refractivity contribution is 0.287. The first-order chi connectivity index (χ1) is 6.70.